The van der Waals surface area contributed by atoms with E-state index < -0.39 is 17.8 Å². The quantitative estimate of drug-likeness (QED) is 0.723. The molecule has 2 bridgehead atoms. The standard InChI is InChI=1S/C12H11F3O/c13-12(14,15)9-3-1-2-7-8-4-6(11(7)9)5-10(8)16/h1-3,6,8,10,16H,4-5H2/t6-,8-,10-/m0/s1. The summed E-state index contributed by atoms with van der Waals surface area (Å²) in [5, 5.41) is 9.68. The average molecular weight is 228 g/mol. The molecule has 86 valence electrons. The molecule has 2 aliphatic rings. The van der Waals surface area contributed by atoms with E-state index in [0.29, 0.717) is 24.0 Å². The first-order chi connectivity index (χ1) is 7.48. The predicted molar refractivity (Wildman–Crippen MR) is 52.2 cm³/mol. The molecule has 1 fully saturated rings. The minimum absolute atomic E-state index is 0.0812. The van der Waals surface area contributed by atoms with Gasteiger partial charge in [0, 0.05) is 5.92 Å². The van der Waals surface area contributed by atoms with E-state index in [1.807, 2.05) is 0 Å². The van der Waals surface area contributed by atoms with Gasteiger partial charge in [0.2, 0.25) is 0 Å². The van der Waals surface area contributed by atoms with Crippen LogP contribution in [0.25, 0.3) is 0 Å². The second-order valence-electron chi connectivity index (χ2n) is 4.65. The zero-order valence-corrected chi connectivity index (χ0v) is 8.46. The second kappa shape index (κ2) is 3.00. The van der Waals surface area contributed by atoms with Crippen molar-refractivity contribution >= 4 is 0 Å². The van der Waals surface area contributed by atoms with E-state index in [4.69, 9.17) is 0 Å². The summed E-state index contributed by atoms with van der Waals surface area (Å²) in [7, 11) is 0. The number of hydrogen-bond acceptors (Lipinski definition) is 1. The average Bonchev–Trinajstić information content (AvgIpc) is 2.73. The van der Waals surface area contributed by atoms with Gasteiger partial charge in [-0.25, -0.2) is 0 Å². The van der Waals surface area contributed by atoms with Crippen molar-refractivity contribution in [2.24, 2.45) is 0 Å². The van der Waals surface area contributed by atoms with Crippen molar-refractivity contribution in [3.63, 3.8) is 0 Å². The smallest absolute Gasteiger partial charge is 0.392 e. The molecule has 2 aliphatic carbocycles. The van der Waals surface area contributed by atoms with Gasteiger partial charge in [-0.1, -0.05) is 12.1 Å². The summed E-state index contributed by atoms with van der Waals surface area (Å²) >= 11 is 0. The second-order valence-corrected chi connectivity index (χ2v) is 4.65. The molecular weight excluding hydrogens is 217 g/mol. The molecule has 0 aromatic heterocycles. The molecule has 1 nitrogen and oxygen atoms in total. The summed E-state index contributed by atoms with van der Waals surface area (Å²) in [6.45, 7) is 0. The SMILES string of the molecule is O[C@H]1C[C@@H]2C[C@H]1c1cccc(C(F)(F)F)c12. The number of benzene rings is 1. The molecular formula is C12H11F3O. The normalized spacial score (nSPS) is 31.9. The molecule has 0 saturated heterocycles. The Labute approximate surface area is 90.9 Å². The summed E-state index contributed by atoms with van der Waals surface area (Å²) in [4.78, 5) is 0. The Morgan fingerprint density at radius 3 is 2.62 bits per heavy atom. The minimum atomic E-state index is -4.28. The Balaban J connectivity index is 2.17. The fourth-order valence-corrected chi connectivity index (χ4v) is 3.19. The summed E-state index contributed by atoms with van der Waals surface area (Å²) in [5.41, 5.74) is 0.633. The van der Waals surface area contributed by atoms with Crippen molar-refractivity contribution < 1.29 is 18.3 Å². The van der Waals surface area contributed by atoms with Gasteiger partial charge in [0.05, 0.1) is 11.7 Å². The van der Waals surface area contributed by atoms with Crippen molar-refractivity contribution in [1.29, 1.82) is 0 Å². The summed E-state index contributed by atoms with van der Waals surface area (Å²) in [6.07, 6.45) is -3.59. The monoisotopic (exact) mass is 228 g/mol. The maximum atomic E-state index is 12.8. The summed E-state index contributed by atoms with van der Waals surface area (Å²) in [5.74, 6) is -0.185. The Morgan fingerprint density at radius 2 is 1.94 bits per heavy atom. The third kappa shape index (κ3) is 1.22. The number of hydrogen-bond donors (Lipinski definition) is 1. The molecule has 1 aromatic carbocycles. The highest BCUT2D eigenvalue weighted by Crippen LogP contribution is 2.55. The third-order valence-corrected chi connectivity index (χ3v) is 3.78. The molecule has 0 aliphatic heterocycles. The molecule has 1 saturated carbocycles. The molecule has 0 heterocycles. The van der Waals surface area contributed by atoms with Crippen LogP contribution in [0, 0.1) is 0 Å². The Morgan fingerprint density at radius 1 is 1.19 bits per heavy atom. The largest absolute Gasteiger partial charge is 0.416 e. The van der Waals surface area contributed by atoms with Crippen molar-refractivity contribution in [3.05, 3.63) is 34.9 Å². The zero-order chi connectivity index (χ0) is 11.5. The van der Waals surface area contributed by atoms with Gasteiger partial charge in [-0.3, -0.25) is 0 Å². The highest BCUT2D eigenvalue weighted by molar-refractivity contribution is 5.48. The van der Waals surface area contributed by atoms with Crippen LogP contribution in [0.5, 0.6) is 0 Å². The van der Waals surface area contributed by atoms with Crippen LogP contribution in [0.15, 0.2) is 18.2 Å². The predicted octanol–water partition coefficient (Wildman–Crippen LogP) is 3.04. The lowest BCUT2D eigenvalue weighted by atomic mass is 9.86. The number of aliphatic hydroxyl groups is 1. The van der Waals surface area contributed by atoms with E-state index in [9.17, 15) is 18.3 Å². The van der Waals surface area contributed by atoms with Crippen LogP contribution >= 0.6 is 0 Å². The van der Waals surface area contributed by atoms with Crippen molar-refractivity contribution in [1.82, 2.24) is 0 Å². The van der Waals surface area contributed by atoms with Gasteiger partial charge >= 0.3 is 6.18 Å². The number of alkyl halides is 3. The lowest BCUT2D eigenvalue weighted by Gasteiger charge is -2.23. The number of aliphatic hydroxyl groups excluding tert-OH is 1. The summed E-state index contributed by atoms with van der Waals surface area (Å²) < 4.78 is 38.4. The van der Waals surface area contributed by atoms with Gasteiger partial charge in [-0.05, 0) is 36.0 Å². The molecule has 4 heteroatoms. The first kappa shape index (κ1) is 10.1. The van der Waals surface area contributed by atoms with Crippen LogP contribution < -0.4 is 0 Å². The molecule has 16 heavy (non-hydrogen) atoms. The van der Waals surface area contributed by atoms with Crippen molar-refractivity contribution in [3.8, 4) is 0 Å². The van der Waals surface area contributed by atoms with Gasteiger partial charge in [0.15, 0.2) is 0 Å². The van der Waals surface area contributed by atoms with Gasteiger partial charge < -0.3 is 5.11 Å². The minimum Gasteiger partial charge on any atom is -0.392 e. The molecule has 1 N–H and O–H groups in total. The van der Waals surface area contributed by atoms with Crippen LogP contribution in [-0.2, 0) is 6.18 Å². The maximum absolute atomic E-state index is 12.8. The van der Waals surface area contributed by atoms with Gasteiger partial charge in [0.1, 0.15) is 0 Å². The van der Waals surface area contributed by atoms with E-state index >= 15 is 0 Å². The van der Waals surface area contributed by atoms with Crippen molar-refractivity contribution in [2.45, 2.75) is 37.0 Å². The maximum Gasteiger partial charge on any atom is 0.416 e. The van der Waals surface area contributed by atoms with E-state index in [-0.39, 0.29) is 11.8 Å². The Bertz CT molecular complexity index is 438. The van der Waals surface area contributed by atoms with Crippen molar-refractivity contribution in [2.75, 3.05) is 0 Å². The lowest BCUT2D eigenvalue weighted by Crippen LogP contribution is -2.19. The van der Waals surface area contributed by atoms with E-state index in [1.54, 1.807) is 6.07 Å². The van der Waals surface area contributed by atoms with Gasteiger partial charge in [-0.15, -0.1) is 0 Å². The highest BCUT2D eigenvalue weighted by Gasteiger charge is 2.47. The van der Waals surface area contributed by atoms with Crippen LogP contribution in [0.2, 0.25) is 0 Å². The van der Waals surface area contributed by atoms with E-state index in [2.05, 4.69) is 0 Å². The molecule has 0 unspecified atom stereocenters. The van der Waals surface area contributed by atoms with Crippen LogP contribution in [0.1, 0.15) is 41.4 Å². The van der Waals surface area contributed by atoms with Gasteiger partial charge in [-0.2, -0.15) is 13.2 Å². The van der Waals surface area contributed by atoms with E-state index in [1.165, 1.54) is 6.07 Å². The van der Waals surface area contributed by atoms with Crippen LogP contribution in [0.4, 0.5) is 13.2 Å². The molecule has 0 amide bonds. The molecule has 3 rings (SSSR count). The molecule has 1 aromatic rings. The van der Waals surface area contributed by atoms with Crippen LogP contribution in [-0.4, -0.2) is 11.2 Å². The Kier molecular flexibility index (Phi) is 1.90. The lowest BCUT2D eigenvalue weighted by molar-refractivity contribution is -0.138. The zero-order valence-electron chi connectivity index (χ0n) is 8.46. The topological polar surface area (TPSA) is 20.2 Å². The van der Waals surface area contributed by atoms with Crippen LogP contribution in [0.3, 0.4) is 0 Å². The fourth-order valence-electron chi connectivity index (χ4n) is 3.19. The molecule has 0 spiro atoms. The molecule has 0 radical (unpaired) electrons. The number of halogens is 3. The fraction of sp³-hybridized carbons (Fsp3) is 0.500. The first-order valence-electron chi connectivity index (χ1n) is 5.36. The highest BCUT2D eigenvalue weighted by atomic mass is 19.4. The van der Waals surface area contributed by atoms with Gasteiger partial charge in [0.25, 0.3) is 0 Å². The Hall–Kier alpha value is -1.03. The number of fused-ring (bicyclic) bond motifs is 5. The first-order valence-corrected chi connectivity index (χ1v) is 5.36. The third-order valence-electron chi connectivity index (χ3n) is 3.78. The molecule has 3 atom stereocenters. The summed E-state index contributed by atoms with van der Waals surface area (Å²) in [6, 6.07) is 4.30. The van der Waals surface area contributed by atoms with E-state index in [0.717, 1.165) is 6.07 Å². The number of rotatable bonds is 0.